The maximum absolute atomic E-state index is 6.05. The third-order valence-corrected chi connectivity index (χ3v) is 3.09. The number of piperazine rings is 1. The summed E-state index contributed by atoms with van der Waals surface area (Å²) in [6, 6.07) is 7.75. The lowest BCUT2D eigenvalue weighted by atomic mass is 10.2. The highest BCUT2D eigenvalue weighted by molar-refractivity contribution is 6.33. The number of hydrazone groups is 1. The molecule has 0 N–H and O–H groups in total. The molecule has 0 radical (unpaired) electrons. The first-order valence-corrected chi connectivity index (χ1v) is 5.85. The van der Waals surface area contributed by atoms with Gasteiger partial charge in [-0.1, -0.05) is 29.8 Å². The summed E-state index contributed by atoms with van der Waals surface area (Å²) in [5, 5.41) is 7.28. The second kappa shape index (κ2) is 6.84. The van der Waals surface area contributed by atoms with E-state index in [1.807, 2.05) is 30.5 Å². The molecular formula is C12H17Cl2N3. The average Bonchev–Trinajstić information content (AvgIpc) is 2.30. The first-order valence-electron chi connectivity index (χ1n) is 5.48. The third kappa shape index (κ3) is 4.19. The Morgan fingerprint density at radius 1 is 1.18 bits per heavy atom. The maximum atomic E-state index is 6.05. The van der Waals surface area contributed by atoms with Crippen LogP contribution in [-0.4, -0.2) is 49.4 Å². The van der Waals surface area contributed by atoms with E-state index >= 15 is 0 Å². The van der Waals surface area contributed by atoms with Gasteiger partial charge in [-0.05, 0) is 13.1 Å². The largest absolute Gasteiger partial charge is 0.303 e. The lowest BCUT2D eigenvalue weighted by Gasteiger charge is -2.30. The summed E-state index contributed by atoms with van der Waals surface area (Å²) in [5.74, 6) is 0. The average molecular weight is 274 g/mol. The molecule has 2 rings (SSSR count). The second-order valence-corrected chi connectivity index (χ2v) is 4.43. The minimum atomic E-state index is 0. The van der Waals surface area contributed by atoms with Crippen LogP contribution in [0.2, 0.25) is 5.02 Å². The molecule has 0 spiro atoms. The van der Waals surface area contributed by atoms with Gasteiger partial charge in [0.15, 0.2) is 0 Å². The summed E-state index contributed by atoms with van der Waals surface area (Å²) in [7, 11) is 2.13. The van der Waals surface area contributed by atoms with Crippen molar-refractivity contribution in [1.29, 1.82) is 0 Å². The molecule has 0 amide bonds. The normalized spacial score (nSPS) is 17.2. The first kappa shape index (κ1) is 14.3. The number of benzene rings is 1. The summed E-state index contributed by atoms with van der Waals surface area (Å²) in [5.41, 5.74) is 0.975. The summed E-state index contributed by atoms with van der Waals surface area (Å²) in [4.78, 5) is 2.31. The number of hydrogen-bond acceptors (Lipinski definition) is 3. The Morgan fingerprint density at radius 3 is 2.47 bits per heavy atom. The lowest BCUT2D eigenvalue weighted by molar-refractivity contribution is 0.159. The zero-order valence-electron chi connectivity index (χ0n) is 9.84. The molecule has 1 aromatic carbocycles. The predicted octanol–water partition coefficient (Wildman–Crippen LogP) is 2.34. The summed E-state index contributed by atoms with van der Waals surface area (Å²) in [6.45, 7) is 4.11. The number of likely N-dealkylation sites (N-methyl/N-ethyl adjacent to an activating group) is 1. The van der Waals surface area contributed by atoms with Crippen molar-refractivity contribution in [2.75, 3.05) is 33.2 Å². The molecule has 1 aromatic rings. The fourth-order valence-electron chi connectivity index (χ4n) is 1.64. The Hall–Kier alpha value is -0.770. The van der Waals surface area contributed by atoms with Gasteiger partial charge in [-0.25, -0.2) is 0 Å². The van der Waals surface area contributed by atoms with Crippen molar-refractivity contribution in [3.63, 3.8) is 0 Å². The monoisotopic (exact) mass is 273 g/mol. The number of halogens is 2. The van der Waals surface area contributed by atoms with Crippen LogP contribution >= 0.6 is 24.0 Å². The maximum Gasteiger partial charge on any atom is 0.0557 e. The first-order chi connectivity index (χ1) is 7.75. The molecular weight excluding hydrogens is 257 g/mol. The van der Waals surface area contributed by atoms with Crippen molar-refractivity contribution in [3.05, 3.63) is 34.9 Å². The molecule has 0 aromatic heterocycles. The summed E-state index contributed by atoms with van der Waals surface area (Å²) < 4.78 is 0. The van der Waals surface area contributed by atoms with E-state index < -0.39 is 0 Å². The van der Waals surface area contributed by atoms with E-state index in [9.17, 15) is 0 Å². The van der Waals surface area contributed by atoms with Crippen LogP contribution in [-0.2, 0) is 0 Å². The molecule has 5 heteroatoms. The van der Waals surface area contributed by atoms with Gasteiger partial charge < -0.3 is 4.90 Å². The molecule has 1 saturated heterocycles. The van der Waals surface area contributed by atoms with Crippen LogP contribution in [0.4, 0.5) is 0 Å². The van der Waals surface area contributed by atoms with Gasteiger partial charge in [-0.15, -0.1) is 12.4 Å². The molecule has 3 nitrogen and oxygen atoms in total. The number of nitrogens with zero attached hydrogens (tertiary/aromatic N) is 3. The van der Waals surface area contributed by atoms with Gasteiger partial charge >= 0.3 is 0 Å². The predicted molar refractivity (Wildman–Crippen MR) is 75.4 cm³/mol. The molecule has 1 aliphatic rings. The van der Waals surface area contributed by atoms with Crippen molar-refractivity contribution >= 4 is 30.2 Å². The van der Waals surface area contributed by atoms with E-state index in [2.05, 4.69) is 22.1 Å². The number of hydrogen-bond donors (Lipinski definition) is 0. The fourth-order valence-corrected chi connectivity index (χ4v) is 1.82. The molecule has 0 bridgehead atoms. The van der Waals surface area contributed by atoms with Crippen LogP contribution in [0.1, 0.15) is 5.56 Å². The second-order valence-electron chi connectivity index (χ2n) is 4.02. The van der Waals surface area contributed by atoms with E-state index in [0.717, 1.165) is 36.8 Å². The quantitative estimate of drug-likeness (QED) is 0.771. The molecule has 0 aliphatic carbocycles. The van der Waals surface area contributed by atoms with Crippen LogP contribution in [0.5, 0.6) is 0 Å². The highest BCUT2D eigenvalue weighted by Gasteiger charge is 2.10. The van der Waals surface area contributed by atoms with Crippen LogP contribution < -0.4 is 0 Å². The Morgan fingerprint density at radius 2 is 1.82 bits per heavy atom. The van der Waals surface area contributed by atoms with Gasteiger partial charge in [-0.3, -0.25) is 5.01 Å². The van der Waals surface area contributed by atoms with Crippen molar-refractivity contribution < 1.29 is 0 Å². The van der Waals surface area contributed by atoms with Gasteiger partial charge in [0.2, 0.25) is 0 Å². The van der Waals surface area contributed by atoms with E-state index in [1.165, 1.54) is 0 Å². The molecule has 17 heavy (non-hydrogen) atoms. The smallest absolute Gasteiger partial charge is 0.0557 e. The minimum Gasteiger partial charge on any atom is -0.303 e. The Bertz CT molecular complexity index is 374. The van der Waals surface area contributed by atoms with Gasteiger partial charge in [0.25, 0.3) is 0 Å². The van der Waals surface area contributed by atoms with Gasteiger partial charge in [-0.2, -0.15) is 5.10 Å². The van der Waals surface area contributed by atoms with Crippen molar-refractivity contribution in [2.45, 2.75) is 0 Å². The Balaban J connectivity index is 0.00000144. The third-order valence-electron chi connectivity index (χ3n) is 2.75. The zero-order chi connectivity index (χ0) is 11.4. The van der Waals surface area contributed by atoms with Gasteiger partial charge in [0.05, 0.1) is 6.21 Å². The molecule has 1 fully saturated rings. The summed E-state index contributed by atoms with van der Waals surface area (Å²) in [6.07, 6.45) is 1.84. The SMILES string of the molecule is CN1CCN(N=Cc2ccccc2Cl)CC1.Cl. The fraction of sp³-hybridized carbons (Fsp3) is 0.417. The van der Waals surface area contributed by atoms with Gasteiger partial charge in [0.1, 0.15) is 0 Å². The topological polar surface area (TPSA) is 18.8 Å². The highest BCUT2D eigenvalue weighted by Crippen LogP contribution is 2.12. The van der Waals surface area contributed by atoms with E-state index in [1.54, 1.807) is 0 Å². The minimum absolute atomic E-state index is 0. The standard InChI is InChI=1S/C12H16ClN3.ClH/c1-15-6-8-16(9-7-15)14-10-11-4-2-3-5-12(11)13;/h2-5,10H,6-9H2,1H3;1H. The van der Waals surface area contributed by atoms with Crippen molar-refractivity contribution in [1.82, 2.24) is 9.91 Å². The van der Waals surface area contributed by atoms with E-state index in [4.69, 9.17) is 11.6 Å². The summed E-state index contributed by atoms with van der Waals surface area (Å²) >= 11 is 6.05. The van der Waals surface area contributed by atoms with Crippen LogP contribution in [0.3, 0.4) is 0 Å². The molecule has 0 saturated carbocycles. The van der Waals surface area contributed by atoms with Crippen molar-refractivity contribution in [3.8, 4) is 0 Å². The van der Waals surface area contributed by atoms with Crippen LogP contribution in [0.15, 0.2) is 29.4 Å². The lowest BCUT2D eigenvalue weighted by Crippen LogP contribution is -2.41. The highest BCUT2D eigenvalue weighted by atomic mass is 35.5. The molecule has 1 aliphatic heterocycles. The van der Waals surface area contributed by atoms with E-state index in [-0.39, 0.29) is 12.4 Å². The Kier molecular flexibility index (Phi) is 5.75. The molecule has 0 atom stereocenters. The van der Waals surface area contributed by atoms with Crippen LogP contribution in [0, 0.1) is 0 Å². The molecule has 0 unspecified atom stereocenters. The number of rotatable bonds is 2. The zero-order valence-corrected chi connectivity index (χ0v) is 11.4. The molecule has 94 valence electrons. The van der Waals surface area contributed by atoms with E-state index in [0.29, 0.717) is 0 Å². The molecule has 1 heterocycles. The van der Waals surface area contributed by atoms with Gasteiger partial charge in [0, 0.05) is 36.8 Å². The Labute approximate surface area is 113 Å². The van der Waals surface area contributed by atoms with Crippen molar-refractivity contribution in [2.24, 2.45) is 5.10 Å². The van der Waals surface area contributed by atoms with Crippen LogP contribution in [0.25, 0.3) is 0 Å².